The molecule has 1 N–H and O–H groups in total. The van der Waals surface area contributed by atoms with Gasteiger partial charge in [0.2, 0.25) is 0 Å². The Hall–Kier alpha value is -1.39. The van der Waals surface area contributed by atoms with Crippen LogP contribution in [0.2, 0.25) is 0 Å². The molecule has 0 radical (unpaired) electrons. The molecule has 4 nitrogen and oxygen atoms in total. The number of carbonyl (C=O) groups is 1. The highest BCUT2D eigenvalue weighted by Crippen LogP contribution is 2.35. The number of carbonyl (C=O) groups excluding carboxylic acids is 1. The molecule has 2 aliphatic rings. The molecule has 1 aliphatic carbocycles. The number of fused-ring (bicyclic) bond motifs is 1. The summed E-state index contributed by atoms with van der Waals surface area (Å²) in [6.07, 6.45) is 9.93. The highest BCUT2D eigenvalue weighted by atomic mass is 16.6. The minimum Gasteiger partial charge on any atom is -0.458 e. The van der Waals surface area contributed by atoms with Crippen LogP contribution >= 0.6 is 0 Å². The summed E-state index contributed by atoms with van der Waals surface area (Å²) in [5.41, 5.74) is 3.62. The van der Waals surface area contributed by atoms with Crippen LogP contribution in [0.1, 0.15) is 52.9 Å². The van der Waals surface area contributed by atoms with Gasteiger partial charge in [-0.15, -0.1) is 0 Å². The molecule has 4 heteroatoms. The summed E-state index contributed by atoms with van der Waals surface area (Å²) >= 11 is 0. The zero-order valence-electron chi connectivity index (χ0n) is 16.0. The largest absolute Gasteiger partial charge is 0.458 e. The van der Waals surface area contributed by atoms with Gasteiger partial charge >= 0.3 is 5.97 Å². The SMILES string of the molecule is COCC1C(=O)O[C@H]2/C=C(\C)C[C@H](O)/C=C(\C)CC/C=C(\C)CC[C@H]12. The van der Waals surface area contributed by atoms with E-state index in [1.807, 2.05) is 19.1 Å². The van der Waals surface area contributed by atoms with Crippen LogP contribution in [0.25, 0.3) is 0 Å². The molecule has 1 unspecified atom stereocenters. The fourth-order valence-electron chi connectivity index (χ4n) is 3.80. The van der Waals surface area contributed by atoms with Crippen molar-refractivity contribution in [3.63, 3.8) is 0 Å². The van der Waals surface area contributed by atoms with Crippen LogP contribution in [0.15, 0.2) is 34.9 Å². The van der Waals surface area contributed by atoms with E-state index in [1.165, 1.54) is 11.1 Å². The van der Waals surface area contributed by atoms with E-state index in [9.17, 15) is 9.90 Å². The zero-order chi connectivity index (χ0) is 18.4. The first-order valence-electron chi connectivity index (χ1n) is 9.28. The van der Waals surface area contributed by atoms with E-state index in [4.69, 9.17) is 9.47 Å². The Morgan fingerprint density at radius 3 is 2.64 bits per heavy atom. The molecule has 0 saturated carbocycles. The molecule has 1 aliphatic heterocycles. The number of aliphatic hydroxyl groups excluding tert-OH is 1. The molecule has 0 aromatic heterocycles. The van der Waals surface area contributed by atoms with Crippen molar-refractivity contribution in [3.05, 3.63) is 34.9 Å². The summed E-state index contributed by atoms with van der Waals surface area (Å²) in [7, 11) is 1.63. The van der Waals surface area contributed by atoms with E-state index in [0.717, 1.165) is 31.3 Å². The number of hydrogen-bond donors (Lipinski definition) is 1. The summed E-state index contributed by atoms with van der Waals surface area (Å²) < 4.78 is 10.9. The van der Waals surface area contributed by atoms with Crippen molar-refractivity contribution in [2.75, 3.05) is 13.7 Å². The smallest absolute Gasteiger partial charge is 0.312 e. The summed E-state index contributed by atoms with van der Waals surface area (Å²) in [5, 5.41) is 10.3. The Kier molecular flexibility index (Phi) is 7.45. The van der Waals surface area contributed by atoms with Gasteiger partial charge in [0.15, 0.2) is 0 Å². The zero-order valence-corrected chi connectivity index (χ0v) is 16.0. The van der Waals surface area contributed by atoms with Crippen LogP contribution in [0, 0.1) is 11.8 Å². The van der Waals surface area contributed by atoms with Gasteiger partial charge in [-0.25, -0.2) is 0 Å². The second-order valence-electron chi connectivity index (χ2n) is 7.55. The van der Waals surface area contributed by atoms with Crippen LogP contribution in [0.3, 0.4) is 0 Å². The molecular weight excluding hydrogens is 316 g/mol. The first-order chi connectivity index (χ1) is 11.9. The second-order valence-corrected chi connectivity index (χ2v) is 7.55. The Morgan fingerprint density at radius 2 is 1.92 bits per heavy atom. The fraction of sp³-hybridized carbons (Fsp3) is 0.667. The number of aliphatic hydroxyl groups is 1. The standard InChI is InChI=1S/C21H32O4/c1-14-6-5-7-15(2)10-17(22)11-16(3)12-20-18(9-8-14)19(13-24-4)21(23)25-20/h6,10,12,17-20,22H,5,7-9,11,13H2,1-4H3/b14-6+,15-10+,16-12+/t17-,18-,19?,20+/m1/s1. The third-order valence-corrected chi connectivity index (χ3v) is 5.20. The highest BCUT2D eigenvalue weighted by molar-refractivity contribution is 5.75. The number of rotatable bonds is 2. The lowest BCUT2D eigenvalue weighted by molar-refractivity contribution is -0.144. The lowest BCUT2D eigenvalue weighted by atomic mass is 9.84. The van der Waals surface area contributed by atoms with Gasteiger partial charge in [0.05, 0.1) is 18.6 Å². The Morgan fingerprint density at radius 1 is 1.16 bits per heavy atom. The molecule has 4 atom stereocenters. The van der Waals surface area contributed by atoms with Crippen molar-refractivity contribution in [1.29, 1.82) is 0 Å². The summed E-state index contributed by atoms with van der Waals surface area (Å²) in [6.45, 7) is 6.62. The number of esters is 1. The predicted molar refractivity (Wildman–Crippen MR) is 99.1 cm³/mol. The summed E-state index contributed by atoms with van der Waals surface area (Å²) in [6, 6.07) is 0. The molecule has 0 spiro atoms. The molecule has 0 aromatic rings. The normalized spacial score (nSPS) is 38.3. The quantitative estimate of drug-likeness (QED) is 0.606. The minimum atomic E-state index is -0.491. The van der Waals surface area contributed by atoms with E-state index >= 15 is 0 Å². The molecule has 2 rings (SSSR count). The average molecular weight is 348 g/mol. The van der Waals surface area contributed by atoms with E-state index in [1.54, 1.807) is 7.11 Å². The van der Waals surface area contributed by atoms with Crippen LogP contribution in [-0.2, 0) is 14.3 Å². The molecule has 0 amide bonds. The van der Waals surface area contributed by atoms with Crippen molar-refractivity contribution in [2.45, 2.75) is 65.1 Å². The van der Waals surface area contributed by atoms with E-state index < -0.39 is 6.10 Å². The Labute approximate surface area is 151 Å². The molecule has 25 heavy (non-hydrogen) atoms. The third-order valence-electron chi connectivity index (χ3n) is 5.20. The van der Waals surface area contributed by atoms with Crippen molar-refractivity contribution in [1.82, 2.24) is 0 Å². The van der Waals surface area contributed by atoms with Gasteiger partial charge in [-0.1, -0.05) is 28.9 Å². The van der Waals surface area contributed by atoms with Crippen molar-refractivity contribution in [2.24, 2.45) is 11.8 Å². The number of allylic oxidation sites excluding steroid dienone is 3. The van der Waals surface area contributed by atoms with E-state index in [0.29, 0.717) is 13.0 Å². The highest BCUT2D eigenvalue weighted by Gasteiger charge is 2.43. The Balaban J connectivity index is 2.26. The van der Waals surface area contributed by atoms with E-state index in [-0.39, 0.29) is 23.9 Å². The van der Waals surface area contributed by atoms with Crippen molar-refractivity contribution >= 4 is 5.97 Å². The van der Waals surface area contributed by atoms with Crippen LogP contribution < -0.4 is 0 Å². The van der Waals surface area contributed by atoms with Gasteiger partial charge in [-0.05, 0) is 59.0 Å². The van der Waals surface area contributed by atoms with Gasteiger partial charge < -0.3 is 14.6 Å². The molecule has 1 saturated heterocycles. The van der Waals surface area contributed by atoms with Crippen LogP contribution in [-0.4, -0.2) is 37.0 Å². The molecule has 0 aromatic carbocycles. The number of ether oxygens (including phenoxy) is 2. The first kappa shape index (κ1) is 19.9. The molecule has 140 valence electrons. The van der Waals surface area contributed by atoms with Crippen LogP contribution in [0.5, 0.6) is 0 Å². The van der Waals surface area contributed by atoms with Gasteiger partial charge in [0.1, 0.15) is 6.10 Å². The third kappa shape index (κ3) is 5.82. The molecular formula is C21H32O4. The minimum absolute atomic E-state index is 0.128. The topological polar surface area (TPSA) is 55.8 Å². The van der Waals surface area contributed by atoms with Gasteiger partial charge in [0, 0.05) is 13.0 Å². The Bertz CT molecular complexity index is 558. The summed E-state index contributed by atoms with van der Waals surface area (Å²) in [5.74, 6) is -0.238. The maximum absolute atomic E-state index is 12.3. The lowest BCUT2D eigenvalue weighted by Gasteiger charge is -2.20. The van der Waals surface area contributed by atoms with Gasteiger partial charge in [-0.2, -0.15) is 0 Å². The molecule has 1 heterocycles. The van der Waals surface area contributed by atoms with Gasteiger partial charge in [-0.3, -0.25) is 4.79 Å². The lowest BCUT2D eigenvalue weighted by Crippen LogP contribution is -2.24. The molecule has 1 fully saturated rings. The monoisotopic (exact) mass is 348 g/mol. The summed E-state index contributed by atoms with van der Waals surface area (Å²) in [4.78, 5) is 12.3. The van der Waals surface area contributed by atoms with E-state index in [2.05, 4.69) is 19.9 Å². The number of methoxy groups -OCH3 is 1. The maximum Gasteiger partial charge on any atom is 0.312 e. The number of hydrogen-bond acceptors (Lipinski definition) is 4. The average Bonchev–Trinajstić information content (AvgIpc) is 2.79. The first-order valence-corrected chi connectivity index (χ1v) is 9.28. The second kappa shape index (κ2) is 9.35. The van der Waals surface area contributed by atoms with Gasteiger partial charge in [0.25, 0.3) is 0 Å². The molecule has 0 bridgehead atoms. The predicted octanol–water partition coefficient (Wildman–Crippen LogP) is 3.95. The van der Waals surface area contributed by atoms with Crippen molar-refractivity contribution < 1.29 is 19.4 Å². The van der Waals surface area contributed by atoms with Crippen molar-refractivity contribution in [3.8, 4) is 0 Å². The van der Waals surface area contributed by atoms with Crippen LogP contribution in [0.4, 0.5) is 0 Å². The maximum atomic E-state index is 12.3. The fourth-order valence-corrected chi connectivity index (χ4v) is 3.80.